The Kier molecular flexibility index (Phi) is 5.32. The molecule has 0 fully saturated rings. The van der Waals surface area contributed by atoms with Crippen LogP contribution in [0.5, 0.6) is 0 Å². The molecule has 0 aliphatic rings. The number of carbonyl (C=O) groups is 2. The van der Waals surface area contributed by atoms with E-state index in [1.165, 1.54) is 6.92 Å². The number of hydrogen-bond donors (Lipinski definition) is 2. The van der Waals surface area contributed by atoms with E-state index >= 15 is 0 Å². The Balaban J connectivity index is 1.93. The monoisotopic (exact) mass is 394 g/mol. The van der Waals surface area contributed by atoms with E-state index in [0.29, 0.717) is 6.42 Å². The highest BCUT2D eigenvalue weighted by Crippen LogP contribution is 2.13. The maximum Gasteiger partial charge on any atom is 0.228 e. The minimum absolute atomic E-state index is 0.0662. The van der Waals surface area contributed by atoms with E-state index in [1.807, 2.05) is 36.4 Å². The molecule has 0 spiro atoms. The lowest BCUT2D eigenvalue weighted by molar-refractivity contribution is -0.116. The van der Waals surface area contributed by atoms with Gasteiger partial charge in [-0.3, -0.25) is 9.59 Å². The minimum atomic E-state index is -0.112. The van der Waals surface area contributed by atoms with Crippen LogP contribution in [-0.2, 0) is 16.0 Å². The third-order valence-corrected chi connectivity index (χ3v) is 3.49. The quantitative estimate of drug-likeness (QED) is 0.781. The fraction of sp³-hybridized carbons (Fsp3) is 0.125. The van der Waals surface area contributed by atoms with E-state index in [0.717, 1.165) is 20.5 Å². The van der Waals surface area contributed by atoms with Gasteiger partial charge in [-0.15, -0.1) is 0 Å². The van der Waals surface area contributed by atoms with Crippen molar-refractivity contribution in [3.05, 3.63) is 57.7 Å². The Morgan fingerprint density at radius 1 is 0.905 bits per heavy atom. The molecule has 0 aliphatic heterocycles. The summed E-state index contributed by atoms with van der Waals surface area (Å²) in [6, 6.07) is 14.9. The minimum Gasteiger partial charge on any atom is -0.326 e. The second-order valence-corrected chi connectivity index (χ2v) is 5.86. The van der Waals surface area contributed by atoms with E-state index in [9.17, 15) is 9.59 Å². The van der Waals surface area contributed by atoms with Gasteiger partial charge in [-0.25, -0.2) is 0 Å². The van der Waals surface area contributed by atoms with E-state index in [-0.39, 0.29) is 11.8 Å². The maximum atomic E-state index is 11.9. The van der Waals surface area contributed by atoms with Gasteiger partial charge in [-0.1, -0.05) is 12.1 Å². The first kappa shape index (κ1) is 15.5. The highest BCUT2D eigenvalue weighted by molar-refractivity contribution is 14.1. The van der Waals surface area contributed by atoms with Crippen molar-refractivity contribution in [1.29, 1.82) is 0 Å². The lowest BCUT2D eigenvalue weighted by Gasteiger charge is -2.07. The molecular weight excluding hydrogens is 379 g/mol. The SMILES string of the molecule is CC(=O)Nc1ccc(CC(=O)Nc2ccc(I)cc2)cc1. The van der Waals surface area contributed by atoms with Gasteiger partial charge in [0.25, 0.3) is 0 Å². The molecule has 2 N–H and O–H groups in total. The fourth-order valence-corrected chi connectivity index (χ4v) is 2.19. The summed E-state index contributed by atoms with van der Waals surface area (Å²) in [5, 5.41) is 5.54. The van der Waals surface area contributed by atoms with Gasteiger partial charge in [-0.05, 0) is 64.6 Å². The molecule has 0 unspecified atom stereocenters. The van der Waals surface area contributed by atoms with Crippen molar-refractivity contribution in [2.75, 3.05) is 10.6 Å². The van der Waals surface area contributed by atoms with E-state index < -0.39 is 0 Å². The molecule has 2 aromatic carbocycles. The van der Waals surface area contributed by atoms with Crippen LogP contribution in [0.2, 0.25) is 0 Å². The number of benzene rings is 2. The van der Waals surface area contributed by atoms with Crippen LogP contribution in [0.1, 0.15) is 12.5 Å². The zero-order chi connectivity index (χ0) is 15.2. The summed E-state index contributed by atoms with van der Waals surface area (Å²) in [5.41, 5.74) is 2.41. The number of rotatable bonds is 4. The maximum absolute atomic E-state index is 11.9. The number of anilines is 2. The van der Waals surface area contributed by atoms with Gasteiger partial charge in [-0.2, -0.15) is 0 Å². The highest BCUT2D eigenvalue weighted by atomic mass is 127. The molecule has 5 heteroatoms. The normalized spacial score (nSPS) is 10.0. The van der Waals surface area contributed by atoms with E-state index in [1.54, 1.807) is 12.1 Å². The summed E-state index contributed by atoms with van der Waals surface area (Å²) in [6.45, 7) is 1.46. The lowest BCUT2D eigenvalue weighted by atomic mass is 10.1. The first-order valence-corrected chi connectivity index (χ1v) is 7.53. The Hall–Kier alpha value is -1.89. The van der Waals surface area contributed by atoms with Crippen molar-refractivity contribution in [3.8, 4) is 0 Å². The molecule has 0 aromatic heterocycles. The van der Waals surface area contributed by atoms with Crippen LogP contribution in [0.15, 0.2) is 48.5 Å². The molecule has 0 saturated heterocycles. The van der Waals surface area contributed by atoms with Crippen LogP contribution in [0.3, 0.4) is 0 Å². The van der Waals surface area contributed by atoms with Crippen molar-refractivity contribution in [1.82, 2.24) is 0 Å². The zero-order valence-electron chi connectivity index (χ0n) is 11.5. The van der Waals surface area contributed by atoms with Gasteiger partial charge in [0.15, 0.2) is 0 Å². The van der Waals surface area contributed by atoms with Gasteiger partial charge < -0.3 is 10.6 Å². The first-order valence-electron chi connectivity index (χ1n) is 6.45. The number of carbonyl (C=O) groups excluding carboxylic acids is 2. The molecule has 0 atom stereocenters. The molecular formula is C16H15IN2O2. The average molecular weight is 394 g/mol. The fourth-order valence-electron chi connectivity index (χ4n) is 1.83. The molecule has 0 bridgehead atoms. The van der Waals surface area contributed by atoms with Gasteiger partial charge in [0.2, 0.25) is 11.8 Å². The second kappa shape index (κ2) is 7.21. The van der Waals surface area contributed by atoms with Crippen LogP contribution in [0.4, 0.5) is 11.4 Å². The zero-order valence-corrected chi connectivity index (χ0v) is 13.7. The number of halogens is 1. The van der Waals surface area contributed by atoms with Gasteiger partial charge in [0.05, 0.1) is 6.42 Å². The average Bonchev–Trinajstić information content (AvgIpc) is 2.43. The molecule has 2 rings (SSSR count). The second-order valence-electron chi connectivity index (χ2n) is 4.61. The molecule has 2 aromatic rings. The Morgan fingerprint density at radius 2 is 1.43 bits per heavy atom. The molecule has 21 heavy (non-hydrogen) atoms. The smallest absolute Gasteiger partial charge is 0.228 e. The van der Waals surface area contributed by atoms with Gasteiger partial charge in [0.1, 0.15) is 0 Å². The predicted molar refractivity (Wildman–Crippen MR) is 92.2 cm³/mol. The van der Waals surface area contributed by atoms with E-state index in [4.69, 9.17) is 0 Å². The Bertz CT molecular complexity index is 636. The van der Waals surface area contributed by atoms with Crippen LogP contribution in [-0.4, -0.2) is 11.8 Å². The highest BCUT2D eigenvalue weighted by Gasteiger charge is 2.04. The van der Waals surface area contributed by atoms with Crippen molar-refractivity contribution in [2.45, 2.75) is 13.3 Å². The van der Waals surface area contributed by atoms with Crippen molar-refractivity contribution < 1.29 is 9.59 Å². The summed E-state index contributed by atoms with van der Waals surface area (Å²) in [7, 11) is 0. The molecule has 0 heterocycles. The third kappa shape index (κ3) is 5.18. The molecule has 0 saturated carbocycles. The standard InChI is InChI=1S/C16H15IN2O2/c1-11(20)18-14-6-2-12(3-7-14)10-16(21)19-15-8-4-13(17)5-9-15/h2-9H,10H2,1H3,(H,18,20)(H,19,21). The number of hydrogen-bond acceptors (Lipinski definition) is 2. The lowest BCUT2D eigenvalue weighted by Crippen LogP contribution is -2.14. The molecule has 108 valence electrons. The Labute approximate surface area is 137 Å². The summed E-state index contributed by atoms with van der Waals surface area (Å²) in [4.78, 5) is 22.9. The number of nitrogens with one attached hydrogen (secondary N) is 2. The van der Waals surface area contributed by atoms with Crippen molar-refractivity contribution in [3.63, 3.8) is 0 Å². The summed E-state index contributed by atoms with van der Waals surface area (Å²) < 4.78 is 1.12. The van der Waals surface area contributed by atoms with E-state index in [2.05, 4.69) is 33.2 Å². The van der Waals surface area contributed by atoms with Crippen LogP contribution >= 0.6 is 22.6 Å². The molecule has 4 nitrogen and oxygen atoms in total. The summed E-state index contributed by atoms with van der Waals surface area (Å²) in [6.07, 6.45) is 0.298. The van der Waals surface area contributed by atoms with Crippen LogP contribution in [0.25, 0.3) is 0 Å². The van der Waals surface area contributed by atoms with Gasteiger partial charge in [0, 0.05) is 21.9 Å². The third-order valence-electron chi connectivity index (χ3n) is 2.77. The van der Waals surface area contributed by atoms with Crippen molar-refractivity contribution >= 4 is 45.8 Å². The topological polar surface area (TPSA) is 58.2 Å². The summed E-state index contributed by atoms with van der Waals surface area (Å²) in [5.74, 6) is -0.178. The largest absolute Gasteiger partial charge is 0.326 e. The molecule has 0 aliphatic carbocycles. The van der Waals surface area contributed by atoms with Crippen molar-refractivity contribution in [2.24, 2.45) is 0 Å². The molecule has 0 radical (unpaired) electrons. The van der Waals surface area contributed by atoms with Gasteiger partial charge >= 0.3 is 0 Å². The predicted octanol–water partition coefficient (Wildman–Crippen LogP) is 3.43. The summed E-state index contributed by atoms with van der Waals surface area (Å²) >= 11 is 2.22. The number of amides is 2. The van der Waals surface area contributed by atoms with Crippen LogP contribution < -0.4 is 10.6 Å². The first-order chi connectivity index (χ1) is 10.0. The Morgan fingerprint density at radius 3 is 2.00 bits per heavy atom. The van der Waals surface area contributed by atoms with Crippen LogP contribution in [0, 0.1) is 3.57 Å². The molecule has 2 amide bonds.